The number of piperidine rings is 1. The molecule has 1 aliphatic rings. The van der Waals surface area contributed by atoms with Gasteiger partial charge in [0.25, 0.3) is 0 Å². The van der Waals surface area contributed by atoms with E-state index in [4.69, 9.17) is 4.74 Å². The van der Waals surface area contributed by atoms with Gasteiger partial charge in [0, 0.05) is 13.1 Å². The fourth-order valence-corrected chi connectivity index (χ4v) is 1.98. The number of rotatable bonds is 2. The summed E-state index contributed by atoms with van der Waals surface area (Å²) >= 11 is 0. The summed E-state index contributed by atoms with van der Waals surface area (Å²) in [7, 11) is 2.12. The summed E-state index contributed by atoms with van der Waals surface area (Å²) < 4.78 is 5.19. The third-order valence-corrected chi connectivity index (χ3v) is 2.66. The normalized spacial score (nSPS) is 20.7. The first kappa shape index (κ1) is 17.2. The fraction of sp³-hybridized carbons (Fsp3) is 0.929. The van der Waals surface area contributed by atoms with E-state index < -0.39 is 5.60 Å². The van der Waals surface area contributed by atoms with E-state index in [1.807, 2.05) is 34.6 Å². The zero-order valence-corrected chi connectivity index (χ0v) is 12.9. The molecule has 108 valence electrons. The maximum absolute atomic E-state index is 11.4. The molecule has 1 unspecified atom stereocenters. The number of hydrogen-bond donors (Lipinski definition) is 1. The molecule has 0 radical (unpaired) electrons. The largest absolute Gasteiger partial charge is 0.444 e. The van der Waals surface area contributed by atoms with E-state index in [2.05, 4.69) is 17.3 Å². The summed E-state index contributed by atoms with van der Waals surface area (Å²) in [5, 5.41) is 2.84. The molecule has 0 aromatic heterocycles. The molecule has 1 atom stereocenters. The van der Waals surface area contributed by atoms with E-state index in [0.717, 1.165) is 13.1 Å². The average molecular weight is 258 g/mol. The van der Waals surface area contributed by atoms with Gasteiger partial charge in [-0.25, -0.2) is 4.79 Å². The molecule has 0 bridgehead atoms. The molecule has 0 aliphatic carbocycles. The number of nitrogens with one attached hydrogen (secondary N) is 1. The van der Waals surface area contributed by atoms with Crippen molar-refractivity contribution in [2.45, 2.75) is 53.1 Å². The maximum atomic E-state index is 11.4. The van der Waals surface area contributed by atoms with Crippen molar-refractivity contribution in [3.63, 3.8) is 0 Å². The van der Waals surface area contributed by atoms with Crippen LogP contribution >= 0.6 is 0 Å². The lowest BCUT2D eigenvalue weighted by Gasteiger charge is -2.30. The highest BCUT2D eigenvalue weighted by Gasteiger charge is 2.20. The van der Waals surface area contributed by atoms with Crippen LogP contribution in [0.4, 0.5) is 4.79 Å². The summed E-state index contributed by atoms with van der Waals surface area (Å²) in [6.45, 7) is 12.6. The second-order valence-corrected chi connectivity index (χ2v) is 5.65. The number of amides is 1. The average Bonchev–Trinajstić information content (AvgIpc) is 2.27. The van der Waals surface area contributed by atoms with Gasteiger partial charge in [0.05, 0.1) is 0 Å². The quantitative estimate of drug-likeness (QED) is 0.828. The molecule has 1 N–H and O–H groups in total. The number of likely N-dealkylation sites (tertiary alicyclic amines) is 1. The minimum Gasteiger partial charge on any atom is -0.444 e. The molecule has 1 saturated heterocycles. The lowest BCUT2D eigenvalue weighted by molar-refractivity contribution is 0.0510. The van der Waals surface area contributed by atoms with Gasteiger partial charge >= 0.3 is 6.09 Å². The van der Waals surface area contributed by atoms with E-state index >= 15 is 0 Å². The van der Waals surface area contributed by atoms with Gasteiger partial charge in [-0.15, -0.1) is 0 Å². The van der Waals surface area contributed by atoms with Gasteiger partial charge in [0.2, 0.25) is 0 Å². The molecule has 4 nitrogen and oxygen atoms in total. The SMILES string of the molecule is CC.CN1CCCC(CNC(=O)OC(C)(C)C)C1. The van der Waals surface area contributed by atoms with Crippen LogP contribution in [0.1, 0.15) is 47.5 Å². The third kappa shape index (κ3) is 8.34. The van der Waals surface area contributed by atoms with Gasteiger partial charge in [-0.1, -0.05) is 13.8 Å². The fourth-order valence-electron chi connectivity index (χ4n) is 1.98. The Labute approximate surface area is 112 Å². The van der Waals surface area contributed by atoms with Gasteiger partial charge in [0.1, 0.15) is 5.60 Å². The number of nitrogens with zero attached hydrogens (tertiary/aromatic N) is 1. The van der Waals surface area contributed by atoms with Crippen LogP contribution < -0.4 is 5.32 Å². The number of ether oxygens (including phenoxy) is 1. The molecule has 1 fully saturated rings. The first-order chi connectivity index (χ1) is 8.37. The molecule has 0 aromatic rings. The Balaban J connectivity index is 0.00000137. The van der Waals surface area contributed by atoms with Gasteiger partial charge < -0.3 is 15.0 Å². The lowest BCUT2D eigenvalue weighted by Crippen LogP contribution is -2.40. The Morgan fingerprint density at radius 1 is 1.39 bits per heavy atom. The van der Waals surface area contributed by atoms with Crippen LogP contribution in [0, 0.1) is 5.92 Å². The number of carbonyl (C=O) groups excluding carboxylic acids is 1. The minimum absolute atomic E-state index is 0.305. The van der Waals surface area contributed by atoms with Crippen molar-refractivity contribution in [1.29, 1.82) is 0 Å². The van der Waals surface area contributed by atoms with Crippen LogP contribution in [-0.2, 0) is 4.74 Å². The van der Waals surface area contributed by atoms with Crippen molar-refractivity contribution in [3.8, 4) is 0 Å². The van der Waals surface area contributed by atoms with Crippen molar-refractivity contribution in [1.82, 2.24) is 10.2 Å². The highest BCUT2D eigenvalue weighted by Crippen LogP contribution is 2.14. The van der Waals surface area contributed by atoms with Gasteiger partial charge in [0.15, 0.2) is 0 Å². The van der Waals surface area contributed by atoms with E-state index in [-0.39, 0.29) is 6.09 Å². The number of alkyl carbamates (subject to hydrolysis) is 1. The van der Waals surface area contributed by atoms with E-state index in [1.165, 1.54) is 19.4 Å². The Hall–Kier alpha value is -0.770. The molecule has 0 aromatic carbocycles. The van der Waals surface area contributed by atoms with Crippen molar-refractivity contribution >= 4 is 6.09 Å². The monoisotopic (exact) mass is 258 g/mol. The topological polar surface area (TPSA) is 41.6 Å². The molecule has 0 saturated carbocycles. The third-order valence-electron chi connectivity index (χ3n) is 2.66. The molecule has 4 heteroatoms. The number of hydrogen-bond acceptors (Lipinski definition) is 3. The Kier molecular flexibility index (Phi) is 8.00. The molecule has 18 heavy (non-hydrogen) atoms. The Morgan fingerprint density at radius 3 is 2.50 bits per heavy atom. The molecule has 1 heterocycles. The highest BCUT2D eigenvalue weighted by molar-refractivity contribution is 5.67. The summed E-state index contributed by atoms with van der Waals surface area (Å²) in [4.78, 5) is 13.7. The van der Waals surface area contributed by atoms with Crippen LogP contribution in [-0.4, -0.2) is 43.3 Å². The molecular formula is C14H30N2O2. The van der Waals surface area contributed by atoms with E-state index in [0.29, 0.717) is 5.92 Å². The zero-order chi connectivity index (χ0) is 14.2. The minimum atomic E-state index is -0.409. The lowest BCUT2D eigenvalue weighted by atomic mass is 9.99. The summed E-state index contributed by atoms with van der Waals surface area (Å²) in [6, 6.07) is 0. The smallest absolute Gasteiger partial charge is 0.407 e. The summed E-state index contributed by atoms with van der Waals surface area (Å²) in [5.74, 6) is 0.561. The van der Waals surface area contributed by atoms with Gasteiger partial charge in [-0.3, -0.25) is 0 Å². The second kappa shape index (κ2) is 8.35. The predicted octanol–water partition coefficient (Wildman–Crippen LogP) is 2.88. The standard InChI is InChI=1S/C12H24N2O2.C2H6/c1-12(2,3)16-11(15)13-8-10-6-5-7-14(4)9-10;1-2/h10H,5-9H2,1-4H3,(H,13,15);1-2H3. The first-order valence-corrected chi connectivity index (χ1v) is 7.02. The van der Waals surface area contributed by atoms with Crippen LogP contribution in [0.2, 0.25) is 0 Å². The Bertz CT molecular complexity index is 236. The predicted molar refractivity (Wildman–Crippen MR) is 75.8 cm³/mol. The highest BCUT2D eigenvalue weighted by atomic mass is 16.6. The van der Waals surface area contributed by atoms with Crippen LogP contribution in [0.3, 0.4) is 0 Å². The van der Waals surface area contributed by atoms with Crippen LogP contribution in [0.15, 0.2) is 0 Å². The Morgan fingerprint density at radius 2 is 2.00 bits per heavy atom. The van der Waals surface area contributed by atoms with Crippen molar-refractivity contribution in [3.05, 3.63) is 0 Å². The van der Waals surface area contributed by atoms with Crippen molar-refractivity contribution < 1.29 is 9.53 Å². The maximum Gasteiger partial charge on any atom is 0.407 e. The molecular weight excluding hydrogens is 228 g/mol. The van der Waals surface area contributed by atoms with Crippen molar-refractivity contribution in [2.24, 2.45) is 5.92 Å². The molecule has 1 aliphatic heterocycles. The molecule has 1 rings (SSSR count). The summed E-state index contributed by atoms with van der Waals surface area (Å²) in [6.07, 6.45) is 2.11. The van der Waals surface area contributed by atoms with Crippen molar-refractivity contribution in [2.75, 3.05) is 26.7 Å². The van der Waals surface area contributed by atoms with E-state index in [9.17, 15) is 4.79 Å². The summed E-state index contributed by atoms with van der Waals surface area (Å²) in [5.41, 5.74) is -0.409. The van der Waals surface area contributed by atoms with Gasteiger partial charge in [-0.05, 0) is 53.1 Å². The second-order valence-electron chi connectivity index (χ2n) is 5.65. The van der Waals surface area contributed by atoms with Crippen LogP contribution in [0.5, 0.6) is 0 Å². The first-order valence-electron chi connectivity index (χ1n) is 7.02. The van der Waals surface area contributed by atoms with E-state index in [1.54, 1.807) is 0 Å². The molecule has 0 spiro atoms. The van der Waals surface area contributed by atoms with Crippen LogP contribution in [0.25, 0.3) is 0 Å². The molecule has 1 amide bonds. The van der Waals surface area contributed by atoms with Gasteiger partial charge in [-0.2, -0.15) is 0 Å². The number of carbonyl (C=O) groups is 1. The zero-order valence-electron chi connectivity index (χ0n) is 12.9.